The Labute approximate surface area is 105 Å². The maximum absolute atomic E-state index is 5.72. The van der Waals surface area contributed by atoms with Crippen molar-refractivity contribution in [3.05, 3.63) is 23.8 Å². The highest BCUT2D eigenvalue weighted by Crippen LogP contribution is 2.26. The zero-order valence-electron chi connectivity index (χ0n) is 10.0. The lowest BCUT2D eigenvalue weighted by Gasteiger charge is -2.14. The van der Waals surface area contributed by atoms with Crippen LogP contribution in [-0.2, 0) is 6.54 Å². The van der Waals surface area contributed by atoms with Crippen molar-refractivity contribution in [3.8, 4) is 0 Å². The number of aromatic nitrogens is 1. The van der Waals surface area contributed by atoms with Crippen LogP contribution in [0.3, 0.4) is 0 Å². The van der Waals surface area contributed by atoms with Crippen LogP contribution in [0.15, 0.2) is 18.2 Å². The fourth-order valence-corrected chi connectivity index (χ4v) is 3.31. The molecule has 0 spiro atoms. The Morgan fingerprint density at radius 1 is 1.53 bits per heavy atom. The van der Waals surface area contributed by atoms with Gasteiger partial charge in [-0.1, -0.05) is 24.3 Å². The number of nitrogen functional groups attached to an aromatic ring is 1. The van der Waals surface area contributed by atoms with Crippen LogP contribution in [0.5, 0.6) is 0 Å². The van der Waals surface area contributed by atoms with Crippen LogP contribution in [0.4, 0.5) is 5.13 Å². The molecule has 1 aliphatic heterocycles. The van der Waals surface area contributed by atoms with Gasteiger partial charge in [-0.05, 0) is 36.6 Å². The number of hydrogen-bond acceptors (Lipinski definition) is 4. The van der Waals surface area contributed by atoms with Gasteiger partial charge in [-0.15, -0.1) is 0 Å². The molecular weight excluding hydrogens is 230 g/mol. The molecule has 90 valence electrons. The smallest absolute Gasteiger partial charge is 0.181 e. The number of benzene rings is 1. The van der Waals surface area contributed by atoms with Gasteiger partial charge >= 0.3 is 0 Å². The number of nitrogens with two attached hydrogens (primary N) is 1. The summed E-state index contributed by atoms with van der Waals surface area (Å²) in [4.78, 5) is 6.80. The normalized spacial score (nSPS) is 21.4. The third-order valence-corrected chi connectivity index (χ3v) is 4.23. The molecule has 1 unspecified atom stereocenters. The van der Waals surface area contributed by atoms with Gasteiger partial charge in [0, 0.05) is 13.1 Å². The Kier molecular flexibility index (Phi) is 2.76. The molecule has 1 atom stereocenters. The molecule has 1 aromatic heterocycles. The topological polar surface area (TPSA) is 42.2 Å². The summed E-state index contributed by atoms with van der Waals surface area (Å²) in [6.45, 7) is 5.83. The predicted octanol–water partition coefficient (Wildman–Crippen LogP) is 2.72. The molecule has 0 saturated carbocycles. The molecule has 0 radical (unpaired) electrons. The summed E-state index contributed by atoms with van der Waals surface area (Å²) in [6, 6.07) is 6.48. The summed E-state index contributed by atoms with van der Waals surface area (Å²) in [5, 5.41) is 0.659. The first-order chi connectivity index (χ1) is 8.20. The fourth-order valence-electron chi connectivity index (χ4n) is 2.51. The summed E-state index contributed by atoms with van der Waals surface area (Å²) < 4.78 is 1.20. The maximum atomic E-state index is 5.72. The number of likely N-dealkylation sites (tertiary alicyclic amines) is 1. The lowest BCUT2D eigenvalue weighted by atomic mass is 10.2. The predicted molar refractivity (Wildman–Crippen MR) is 73.1 cm³/mol. The maximum Gasteiger partial charge on any atom is 0.181 e. The van der Waals surface area contributed by atoms with E-state index >= 15 is 0 Å². The van der Waals surface area contributed by atoms with Gasteiger partial charge in [0.25, 0.3) is 0 Å². The first-order valence-corrected chi connectivity index (χ1v) is 6.89. The quantitative estimate of drug-likeness (QED) is 0.887. The van der Waals surface area contributed by atoms with Crippen molar-refractivity contribution in [2.45, 2.75) is 19.9 Å². The van der Waals surface area contributed by atoms with Crippen LogP contribution in [0, 0.1) is 5.92 Å². The Morgan fingerprint density at radius 3 is 3.18 bits per heavy atom. The Balaban J connectivity index is 1.80. The molecule has 1 aliphatic rings. The molecular formula is C13H17N3S. The van der Waals surface area contributed by atoms with Crippen molar-refractivity contribution in [2.75, 3.05) is 18.8 Å². The molecule has 4 heteroatoms. The average Bonchev–Trinajstić information content (AvgIpc) is 2.83. The van der Waals surface area contributed by atoms with E-state index in [1.807, 2.05) is 0 Å². The van der Waals surface area contributed by atoms with E-state index < -0.39 is 0 Å². The Hall–Kier alpha value is -1.13. The van der Waals surface area contributed by atoms with E-state index in [4.69, 9.17) is 5.73 Å². The molecule has 2 N–H and O–H groups in total. The van der Waals surface area contributed by atoms with Crippen molar-refractivity contribution in [1.29, 1.82) is 0 Å². The van der Waals surface area contributed by atoms with Gasteiger partial charge in [0.05, 0.1) is 10.2 Å². The summed E-state index contributed by atoms with van der Waals surface area (Å²) in [5.41, 5.74) is 8.11. The van der Waals surface area contributed by atoms with Crippen molar-refractivity contribution in [1.82, 2.24) is 9.88 Å². The minimum atomic E-state index is 0.659. The number of anilines is 1. The summed E-state index contributed by atoms with van der Waals surface area (Å²) >= 11 is 1.57. The molecule has 2 aromatic rings. The zero-order valence-corrected chi connectivity index (χ0v) is 10.8. The van der Waals surface area contributed by atoms with Gasteiger partial charge in [-0.3, -0.25) is 4.90 Å². The molecule has 0 amide bonds. The molecule has 0 aliphatic carbocycles. The first-order valence-electron chi connectivity index (χ1n) is 6.08. The van der Waals surface area contributed by atoms with Gasteiger partial charge in [0.1, 0.15) is 0 Å². The van der Waals surface area contributed by atoms with Crippen LogP contribution in [0.1, 0.15) is 18.9 Å². The largest absolute Gasteiger partial charge is 0.375 e. The van der Waals surface area contributed by atoms with Crippen LogP contribution < -0.4 is 5.73 Å². The molecule has 1 saturated heterocycles. The lowest BCUT2D eigenvalue weighted by molar-refractivity contribution is 0.320. The SMILES string of the molecule is CC1CCN(Cc2ccc3nc(N)sc3c2)C1. The standard InChI is InChI=1S/C13H17N3S/c1-9-4-5-16(7-9)8-10-2-3-11-12(6-10)17-13(14)15-11/h2-3,6,9H,4-5,7-8H2,1H3,(H2,14,15). The first kappa shape index (κ1) is 11.0. The minimum Gasteiger partial charge on any atom is -0.375 e. The number of thiazole rings is 1. The van der Waals surface area contributed by atoms with Crippen LogP contribution in [0.2, 0.25) is 0 Å². The molecule has 2 heterocycles. The summed E-state index contributed by atoms with van der Waals surface area (Å²) in [6.07, 6.45) is 1.33. The third kappa shape index (κ3) is 2.28. The molecule has 0 bridgehead atoms. The molecule has 3 rings (SSSR count). The van der Waals surface area contributed by atoms with E-state index in [1.54, 1.807) is 11.3 Å². The number of fused-ring (bicyclic) bond motifs is 1. The van der Waals surface area contributed by atoms with Crippen LogP contribution in [0.25, 0.3) is 10.2 Å². The lowest BCUT2D eigenvalue weighted by Crippen LogP contribution is -2.19. The van der Waals surface area contributed by atoms with Crippen LogP contribution >= 0.6 is 11.3 Å². The second kappa shape index (κ2) is 4.27. The van der Waals surface area contributed by atoms with Crippen molar-refractivity contribution >= 4 is 26.7 Å². The van der Waals surface area contributed by atoms with Gasteiger partial charge in [0.2, 0.25) is 0 Å². The van der Waals surface area contributed by atoms with Gasteiger partial charge in [-0.2, -0.15) is 0 Å². The summed E-state index contributed by atoms with van der Waals surface area (Å²) in [5.74, 6) is 0.845. The van der Waals surface area contributed by atoms with E-state index in [9.17, 15) is 0 Å². The average molecular weight is 247 g/mol. The van der Waals surface area contributed by atoms with E-state index in [0.717, 1.165) is 18.0 Å². The molecule has 1 fully saturated rings. The van der Waals surface area contributed by atoms with Gasteiger partial charge in [0.15, 0.2) is 5.13 Å². The van der Waals surface area contributed by atoms with E-state index in [1.165, 1.54) is 29.8 Å². The fraction of sp³-hybridized carbons (Fsp3) is 0.462. The second-order valence-corrected chi connectivity index (χ2v) is 6.05. The van der Waals surface area contributed by atoms with Crippen molar-refractivity contribution in [2.24, 2.45) is 5.92 Å². The minimum absolute atomic E-state index is 0.659. The van der Waals surface area contributed by atoms with E-state index in [2.05, 4.69) is 35.0 Å². The molecule has 17 heavy (non-hydrogen) atoms. The summed E-state index contributed by atoms with van der Waals surface area (Å²) in [7, 11) is 0. The number of nitrogens with zero attached hydrogens (tertiary/aromatic N) is 2. The highest BCUT2D eigenvalue weighted by molar-refractivity contribution is 7.22. The van der Waals surface area contributed by atoms with Crippen molar-refractivity contribution < 1.29 is 0 Å². The molecule has 1 aromatic carbocycles. The molecule has 3 nitrogen and oxygen atoms in total. The van der Waals surface area contributed by atoms with E-state index in [0.29, 0.717) is 5.13 Å². The number of rotatable bonds is 2. The zero-order chi connectivity index (χ0) is 11.8. The van der Waals surface area contributed by atoms with Gasteiger partial charge < -0.3 is 5.73 Å². The van der Waals surface area contributed by atoms with E-state index in [-0.39, 0.29) is 0 Å². The van der Waals surface area contributed by atoms with Crippen molar-refractivity contribution in [3.63, 3.8) is 0 Å². The Bertz CT molecular complexity index is 534. The highest BCUT2D eigenvalue weighted by atomic mass is 32.1. The highest BCUT2D eigenvalue weighted by Gasteiger charge is 2.18. The van der Waals surface area contributed by atoms with Gasteiger partial charge in [-0.25, -0.2) is 4.98 Å². The third-order valence-electron chi connectivity index (χ3n) is 3.38. The monoisotopic (exact) mass is 247 g/mol. The Morgan fingerprint density at radius 2 is 2.41 bits per heavy atom. The van der Waals surface area contributed by atoms with Crippen LogP contribution in [-0.4, -0.2) is 23.0 Å². The number of hydrogen-bond donors (Lipinski definition) is 1. The second-order valence-electron chi connectivity index (χ2n) is 4.98.